The normalized spacial score (nSPS) is 11.1. The molecule has 92 valence electrons. The van der Waals surface area contributed by atoms with Crippen molar-refractivity contribution in [2.24, 2.45) is 0 Å². The highest BCUT2D eigenvalue weighted by Gasteiger charge is 2.12. The Morgan fingerprint density at radius 1 is 1.11 bits per heavy atom. The lowest BCUT2D eigenvalue weighted by molar-refractivity contribution is 0.356. The molecule has 3 rings (SSSR count). The van der Waals surface area contributed by atoms with Gasteiger partial charge in [0, 0.05) is 17.6 Å². The van der Waals surface area contributed by atoms with Gasteiger partial charge in [0.05, 0.1) is 35.8 Å². The van der Waals surface area contributed by atoms with Crippen LogP contribution in [0, 0.1) is 0 Å². The molecule has 18 heavy (non-hydrogen) atoms. The Morgan fingerprint density at radius 3 is 2.56 bits per heavy atom. The Hall–Kier alpha value is -1.94. The number of benzene rings is 1. The molecule has 0 saturated heterocycles. The number of nitrogens with one attached hydrogen (secondary N) is 1. The summed E-state index contributed by atoms with van der Waals surface area (Å²) in [5.41, 5.74) is 2.45. The van der Waals surface area contributed by atoms with Crippen molar-refractivity contribution in [2.45, 2.75) is 0 Å². The molecule has 2 aromatic heterocycles. The summed E-state index contributed by atoms with van der Waals surface area (Å²) in [7, 11) is 3.19. The largest absolute Gasteiger partial charge is 0.493 e. The van der Waals surface area contributed by atoms with Gasteiger partial charge in [-0.15, -0.1) is 0 Å². The Kier molecular flexibility index (Phi) is 2.52. The molecule has 0 aliphatic carbocycles. The van der Waals surface area contributed by atoms with Crippen LogP contribution in [-0.2, 0) is 0 Å². The molecule has 0 spiro atoms. The fraction of sp³-hybridized carbons (Fsp3) is 0.154. The van der Waals surface area contributed by atoms with E-state index in [4.69, 9.17) is 21.1 Å². The summed E-state index contributed by atoms with van der Waals surface area (Å²) in [5.74, 6) is 1.28. The van der Waals surface area contributed by atoms with Crippen LogP contribution in [0.3, 0.4) is 0 Å². The fourth-order valence-electron chi connectivity index (χ4n) is 2.03. The van der Waals surface area contributed by atoms with Crippen LogP contribution in [-0.4, -0.2) is 24.2 Å². The second-order valence-electron chi connectivity index (χ2n) is 3.89. The summed E-state index contributed by atoms with van der Waals surface area (Å²) >= 11 is 6.37. The van der Waals surface area contributed by atoms with Crippen LogP contribution in [0.15, 0.2) is 24.4 Å². The van der Waals surface area contributed by atoms with Crippen molar-refractivity contribution < 1.29 is 9.47 Å². The summed E-state index contributed by atoms with van der Waals surface area (Å²) in [6.07, 6.45) is 1.82. The first-order valence-corrected chi connectivity index (χ1v) is 5.80. The van der Waals surface area contributed by atoms with Crippen LogP contribution in [0.5, 0.6) is 11.5 Å². The van der Waals surface area contributed by atoms with Crippen LogP contribution in [0.2, 0.25) is 5.02 Å². The molecule has 0 amide bonds. The minimum absolute atomic E-state index is 0.639. The van der Waals surface area contributed by atoms with E-state index in [1.54, 1.807) is 14.2 Å². The zero-order valence-corrected chi connectivity index (χ0v) is 10.7. The lowest BCUT2D eigenvalue weighted by atomic mass is 10.2. The number of nitrogens with zero attached hydrogens (tertiary/aromatic N) is 1. The summed E-state index contributed by atoms with van der Waals surface area (Å²) in [6.45, 7) is 0. The molecule has 0 saturated carbocycles. The second-order valence-corrected chi connectivity index (χ2v) is 4.27. The number of pyridine rings is 1. The maximum absolute atomic E-state index is 6.37. The van der Waals surface area contributed by atoms with Gasteiger partial charge in [0.2, 0.25) is 0 Å². The third kappa shape index (κ3) is 1.49. The number of halogens is 1. The minimum Gasteiger partial charge on any atom is -0.493 e. The maximum atomic E-state index is 6.37. The molecule has 0 unspecified atom stereocenters. The van der Waals surface area contributed by atoms with Crippen LogP contribution in [0.25, 0.3) is 21.9 Å². The van der Waals surface area contributed by atoms with Crippen LogP contribution >= 0.6 is 11.6 Å². The van der Waals surface area contributed by atoms with Gasteiger partial charge in [-0.2, -0.15) is 0 Å². The third-order valence-electron chi connectivity index (χ3n) is 2.92. The van der Waals surface area contributed by atoms with Crippen LogP contribution in [0.1, 0.15) is 0 Å². The molecule has 3 aromatic rings. The van der Waals surface area contributed by atoms with Crippen molar-refractivity contribution in [3.05, 3.63) is 29.4 Å². The summed E-state index contributed by atoms with van der Waals surface area (Å²) in [6, 6.07) is 5.55. The molecule has 1 N–H and O–H groups in total. The SMILES string of the molecule is COc1cc2nc3cc[nH]c3c(Cl)c2cc1OC. The van der Waals surface area contributed by atoms with Gasteiger partial charge in [-0.1, -0.05) is 11.6 Å². The molecule has 0 atom stereocenters. The molecule has 2 heterocycles. The van der Waals surface area contributed by atoms with Gasteiger partial charge < -0.3 is 14.5 Å². The number of methoxy groups -OCH3 is 2. The number of H-pyrrole nitrogens is 1. The topological polar surface area (TPSA) is 47.1 Å². The highest BCUT2D eigenvalue weighted by atomic mass is 35.5. The van der Waals surface area contributed by atoms with E-state index in [2.05, 4.69) is 9.97 Å². The van der Waals surface area contributed by atoms with Crippen molar-refractivity contribution in [2.75, 3.05) is 14.2 Å². The summed E-state index contributed by atoms with van der Waals surface area (Å²) < 4.78 is 10.5. The molecular weight excluding hydrogens is 252 g/mol. The minimum atomic E-state index is 0.639. The highest BCUT2D eigenvalue weighted by molar-refractivity contribution is 6.39. The third-order valence-corrected chi connectivity index (χ3v) is 3.32. The second kappa shape index (κ2) is 4.07. The predicted molar refractivity (Wildman–Crippen MR) is 71.7 cm³/mol. The average molecular weight is 263 g/mol. The predicted octanol–water partition coefficient (Wildman–Crippen LogP) is 3.39. The first-order chi connectivity index (χ1) is 8.74. The lowest BCUT2D eigenvalue weighted by Gasteiger charge is -2.10. The van der Waals surface area contributed by atoms with Crippen molar-refractivity contribution in [1.82, 2.24) is 9.97 Å². The molecule has 0 radical (unpaired) electrons. The molecule has 1 aromatic carbocycles. The number of hydrogen-bond donors (Lipinski definition) is 1. The van der Waals surface area contributed by atoms with Gasteiger partial charge in [0.1, 0.15) is 0 Å². The maximum Gasteiger partial charge on any atom is 0.162 e. The molecule has 0 fully saturated rings. The Morgan fingerprint density at radius 2 is 1.83 bits per heavy atom. The molecule has 0 bridgehead atoms. The highest BCUT2D eigenvalue weighted by Crippen LogP contribution is 2.36. The smallest absolute Gasteiger partial charge is 0.162 e. The van der Waals surface area contributed by atoms with Crippen LogP contribution < -0.4 is 9.47 Å². The van der Waals surface area contributed by atoms with Gasteiger partial charge in [-0.05, 0) is 12.1 Å². The molecular formula is C13H11ClN2O2. The average Bonchev–Trinajstić information content (AvgIpc) is 2.86. The van der Waals surface area contributed by atoms with E-state index in [1.165, 1.54) is 0 Å². The van der Waals surface area contributed by atoms with E-state index in [1.807, 2.05) is 24.4 Å². The number of ether oxygens (including phenoxy) is 2. The summed E-state index contributed by atoms with van der Waals surface area (Å²) in [4.78, 5) is 7.61. The molecule has 0 aliphatic rings. The number of aromatic nitrogens is 2. The Balaban J connectivity index is 2.44. The van der Waals surface area contributed by atoms with E-state index in [0.29, 0.717) is 16.5 Å². The van der Waals surface area contributed by atoms with Crippen molar-refractivity contribution in [3.8, 4) is 11.5 Å². The standard InChI is InChI=1S/C13H11ClN2O2/c1-17-10-5-7-9(6-11(10)18-2)16-8-3-4-15-13(8)12(7)14/h3-6,15H,1-2H3. The lowest BCUT2D eigenvalue weighted by Crippen LogP contribution is -1.92. The van der Waals surface area contributed by atoms with E-state index >= 15 is 0 Å². The number of aromatic amines is 1. The Labute approximate surface area is 108 Å². The first-order valence-electron chi connectivity index (χ1n) is 5.43. The molecule has 4 nitrogen and oxygen atoms in total. The van der Waals surface area contributed by atoms with E-state index in [9.17, 15) is 0 Å². The van der Waals surface area contributed by atoms with Gasteiger partial charge in [0.15, 0.2) is 11.5 Å². The zero-order valence-electron chi connectivity index (χ0n) is 9.95. The van der Waals surface area contributed by atoms with E-state index in [-0.39, 0.29) is 0 Å². The first kappa shape index (κ1) is 11.2. The van der Waals surface area contributed by atoms with Gasteiger partial charge >= 0.3 is 0 Å². The number of rotatable bonds is 2. The van der Waals surface area contributed by atoms with Gasteiger partial charge in [0.25, 0.3) is 0 Å². The van der Waals surface area contributed by atoms with Gasteiger partial charge in [-0.25, -0.2) is 4.98 Å². The Bertz CT molecular complexity index is 737. The number of hydrogen-bond acceptors (Lipinski definition) is 3. The van der Waals surface area contributed by atoms with E-state index in [0.717, 1.165) is 21.9 Å². The zero-order chi connectivity index (χ0) is 12.7. The fourth-order valence-corrected chi connectivity index (χ4v) is 2.33. The van der Waals surface area contributed by atoms with E-state index < -0.39 is 0 Å². The van der Waals surface area contributed by atoms with Crippen molar-refractivity contribution >= 4 is 33.5 Å². The molecule has 0 aliphatic heterocycles. The van der Waals surface area contributed by atoms with Crippen molar-refractivity contribution in [3.63, 3.8) is 0 Å². The summed E-state index contributed by atoms with van der Waals surface area (Å²) in [5, 5.41) is 1.48. The van der Waals surface area contributed by atoms with Crippen molar-refractivity contribution in [1.29, 1.82) is 0 Å². The quantitative estimate of drug-likeness (QED) is 0.770. The van der Waals surface area contributed by atoms with Crippen LogP contribution in [0.4, 0.5) is 0 Å². The van der Waals surface area contributed by atoms with Gasteiger partial charge in [-0.3, -0.25) is 0 Å². The monoisotopic (exact) mass is 262 g/mol. The number of fused-ring (bicyclic) bond motifs is 2. The molecule has 5 heteroatoms.